The predicted molar refractivity (Wildman–Crippen MR) is 87.8 cm³/mol. The van der Waals surface area contributed by atoms with E-state index >= 15 is 0 Å². The fraction of sp³-hybridized carbons (Fsp3) is 0.933. The van der Waals surface area contributed by atoms with Crippen LogP contribution in [-0.4, -0.2) is 85.2 Å². The molecular weight excluding hydrogens is 286 g/mol. The van der Waals surface area contributed by atoms with E-state index in [-0.39, 0.29) is 5.91 Å². The molecule has 2 heterocycles. The molecule has 21 heavy (non-hydrogen) atoms. The number of nitrogens with one attached hydrogen (secondary N) is 1. The first-order valence-corrected chi connectivity index (χ1v) is 9.06. The number of hydrogen-bond acceptors (Lipinski definition) is 5. The first-order valence-electron chi connectivity index (χ1n) is 7.91. The molecule has 0 aromatic carbocycles. The van der Waals surface area contributed by atoms with E-state index in [2.05, 4.69) is 29.0 Å². The van der Waals surface area contributed by atoms with Crippen molar-refractivity contribution in [1.82, 2.24) is 15.1 Å². The Morgan fingerprint density at radius 2 is 2.14 bits per heavy atom. The van der Waals surface area contributed by atoms with E-state index in [0.717, 1.165) is 44.1 Å². The van der Waals surface area contributed by atoms with Gasteiger partial charge in [0.15, 0.2) is 0 Å². The summed E-state index contributed by atoms with van der Waals surface area (Å²) < 4.78 is 5.22. The molecule has 2 rings (SSSR count). The van der Waals surface area contributed by atoms with Gasteiger partial charge in [-0.25, -0.2) is 0 Å². The van der Waals surface area contributed by atoms with Crippen LogP contribution in [0.1, 0.15) is 20.3 Å². The maximum atomic E-state index is 13.2. The molecule has 1 N–H and O–H groups in total. The molecule has 0 aromatic heterocycles. The van der Waals surface area contributed by atoms with Crippen LogP contribution in [0.2, 0.25) is 0 Å². The summed E-state index contributed by atoms with van der Waals surface area (Å²) in [6.07, 6.45) is 1.11. The van der Waals surface area contributed by atoms with Crippen LogP contribution in [0.25, 0.3) is 0 Å². The molecule has 0 bridgehead atoms. The monoisotopic (exact) mass is 315 g/mol. The fourth-order valence-corrected chi connectivity index (χ4v) is 4.34. The minimum Gasteiger partial charge on any atom is -0.383 e. The van der Waals surface area contributed by atoms with Gasteiger partial charge in [-0.1, -0.05) is 0 Å². The standard InChI is InChI=1S/C15H29N3O2S/c1-15(2,17-7-5-16-6-8-17)14(19)18(9-10-20-3)13-4-11-21-12-13/h13,16H,4-12H2,1-3H3. The molecule has 2 saturated heterocycles. The molecule has 2 fully saturated rings. The molecule has 0 aliphatic carbocycles. The number of amides is 1. The largest absolute Gasteiger partial charge is 0.383 e. The van der Waals surface area contributed by atoms with Gasteiger partial charge in [0.2, 0.25) is 5.91 Å². The Kier molecular flexibility index (Phi) is 6.34. The quantitative estimate of drug-likeness (QED) is 0.780. The maximum Gasteiger partial charge on any atom is 0.242 e. The maximum absolute atomic E-state index is 13.2. The zero-order chi connectivity index (χ0) is 15.3. The number of ether oxygens (including phenoxy) is 1. The van der Waals surface area contributed by atoms with Crippen LogP contribution < -0.4 is 5.32 Å². The van der Waals surface area contributed by atoms with Crippen molar-refractivity contribution in [2.45, 2.75) is 31.8 Å². The molecule has 0 radical (unpaired) electrons. The summed E-state index contributed by atoms with van der Waals surface area (Å²) in [5, 5.41) is 3.35. The van der Waals surface area contributed by atoms with Crippen LogP contribution in [-0.2, 0) is 9.53 Å². The van der Waals surface area contributed by atoms with E-state index in [0.29, 0.717) is 19.2 Å². The first-order chi connectivity index (χ1) is 10.1. The Morgan fingerprint density at radius 1 is 1.43 bits per heavy atom. The molecule has 0 aromatic rings. The summed E-state index contributed by atoms with van der Waals surface area (Å²) >= 11 is 1.95. The minimum absolute atomic E-state index is 0.258. The highest BCUT2D eigenvalue weighted by Gasteiger charge is 2.40. The number of methoxy groups -OCH3 is 1. The Morgan fingerprint density at radius 3 is 2.71 bits per heavy atom. The molecule has 0 saturated carbocycles. The van der Waals surface area contributed by atoms with Crippen LogP contribution in [0, 0.1) is 0 Å². The highest BCUT2D eigenvalue weighted by atomic mass is 32.2. The van der Waals surface area contributed by atoms with E-state index in [4.69, 9.17) is 4.74 Å². The van der Waals surface area contributed by atoms with Crippen molar-refractivity contribution in [3.8, 4) is 0 Å². The Bertz CT molecular complexity index is 340. The summed E-state index contributed by atoms with van der Waals surface area (Å²) in [5.74, 6) is 2.48. The molecule has 2 aliphatic heterocycles. The summed E-state index contributed by atoms with van der Waals surface area (Å²) in [6, 6.07) is 0.375. The van der Waals surface area contributed by atoms with Gasteiger partial charge in [0.05, 0.1) is 12.1 Å². The Balaban J connectivity index is 2.07. The van der Waals surface area contributed by atoms with Gasteiger partial charge in [-0.2, -0.15) is 11.8 Å². The van der Waals surface area contributed by atoms with Crippen molar-refractivity contribution < 1.29 is 9.53 Å². The van der Waals surface area contributed by atoms with E-state index in [9.17, 15) is 4.79 Å². The molecule has 1 amide bonds. The molecule has 0 spiro atoms. The Hall–Kier alpha value is -0.300. The number of thioether (sulfide) groups is 1. The second-order valence-electron chi connectivity index (χ2n) is 6.30. The first kappa shape index (κ1) is 17.1. The number of rotatable bonds is 6. The lowest BCUT2D eigenvalue weighted by Gasteiger charge is -2.43. The van der Waals surface area contributed by atoms with Gasteiger partial charge in [-0.3, -0.25) is 9.69 Å². The zero-order valence-corrected chi connectivity index (χ0v) is 14.4. The lowest BCUT2D eigenvalue weighted by Crippen LogP contribution is -2.62. The van der Waals surface area contributed by atoms with Crippen molar-refractivity contribution >= 4 is 17.7 Å². The second kappa shape index (κ2) is 7.81. The van der Waals surface area contributed by atoms with Crippen molar-refractivity contribution in [3.05, 3.63) is 0 Å². The highest BCUT2D eigenvalue weighted by molar-refractivity contribution is 7.99. The minimum atomic E-state index is -0.427. The third-order valence-electron chi connectivity index (χ3n) is 4.57. The molecule has 122 valence electrons. The van der Waals surface area contributed by atoms with Crippen LogP contribution in [0.5, 0.6) is 0 Å². The van der Waals surface area contributed by atoms with Gasteiger partial charge in [-0.05, 0) is 26.0 Å². The van der Waals surface area contributed by atoms with Crippen LogP contribution >= 0.6 is 11.8 Å². The smallest absolute Gasteiger partial charge is 0.242 e. The summed E-state index contributed by atoms with van der Waals surface area (Å²) in [6.45, 7) is 9.28. The molecule has 5 nitrogen and oxygen atoms in total. The molecule has 2 aliphatic rings. The van der Waals surface area contributed by atoms with Crippen molar-refractivity contribution in [2.24, 2.45) is 0 Å². The zero-order valence-electron chi connectivity index (χ0n) is 13.6. The van der Waals surface area contributed by atoms with E-state index < -0.39 is 5.54 Å². The summed E-state index contributed by atoms with van der Waals surface area (Å²) in [7, 11) is 1.70. The third-order valence-corrected chi connectivity index (χ3v) is 5.72. The number of piperazine rings is 1. The SMILES string of the molecule is COCCN(C(=O)C(C)(C)N1CCNCC1)C1CCSC1. The van der Waals surface area contributed by atoms with E-state index in [1.165, 1.54) is 0 Å². The normalized spacial score (nSPS) is 24.2. The molecule has 6 heteroatoms. The van der Waals surface area contributed by atoms with E-state index in [1.807, 2.05) is 11.8 Å². The average Bonchev–Trinajstić information content (AvgIpc) is 3.02. The van der Waals surface area contributed by atoms with Gasteiger partial charge in [-0.15, -0.1) is 0 Å². The van der Waals surface area contributed by atoms with Gasteiger partial charge >= 0.3 is 0 Å². The van der Waals surface area contributed by atoms with Crippen molar-refractivity contribution in [3.63, 3.8) is 0 Å². The molecule has 1 atom stereocenters. The Labute approximate surface area is 132 Å². The number of carbonyl (C=O) groups is 1. The number of nitrogens with zero attached hydrogens (tertiary/aromatic N) is 2. The number of carbonyl (C=O) groups excluding carboxylic acids is 1. The molecular formula is C15H29N3O2S. The summed E-state index contributed by atoms with van der Waals surface area (Å²) in [5.41, 5.74) is -0.427. The summed E-state index contributed by atoms with van der Waals surface area (Å²) in [4.78, 5) is 17.5. The van der Waals surface area contributed by atoms with Crippen LogP contribution in [0.15, 0.2) is 0 Å². The predicted octanol–water partition coefficient (Wildman–Crippen LogP) is 0.651. The van der Waals surface area contributed by atoms with Crippen LogP contribution in [0.4, 0.5) is 0 Å². The highest BCUT2D eigenvalue weighted by Crippen LogP contribution is 2.26. The second-order valence-corrected chi connectivity index (χ2v) is 7.45. The van der Waals surface area contributed by atoms with Gasteiger partial charge in [0.1, 0.15) is 0 Å². The van der Waals surface area contributed by atoms with Gasteiger partial charge in [0.25, 0.3) is 0 Å². The van der Waals surface area contributed by atoms with Gasteiger partial charge < -0.3 is 15.0 Å². The number of hydrogen-bond donors (Lipinski definition) is 1. The lowest BCUT2D eigenvalue weighted by molar-refractivity contribution is -0.146. The van der Waals surface area contributed by atoms with Gasteiger partial charge in [0, 0.05) is 51.6 Å². The lowest BCUT2D eigenvalue weighted by atomic mass is 9.98. The molecule has 1 unspecified atom stereocenters. The van der Waals surface area contributed by atoms with Crippen molar-refractivity contribution in [2.75, 3.05) is 57.9 Å². The average molecular weight is 315 g/mol. The van der Waals surface area contributed by atoms with E-state index in [1.54, 1.807) is 7.11 Å². The third kappa shape index (κ3) is 4.12. The van der Waals surface area contributed by atoms with Crippen molar-refractivity contribution in [1.29, 1.82) is 0 Å². The topological polar surface area (TPSA) is 44.8 Å². The fourth-order valence-electron chi connectivity index (χ4n) is 3.12. The van der Waals surface area contributed by atoms with Crippen LogP contribution in [0.3, 0.4) is 0 Å².